The lowest BCUT2D eigenvalue weighted by atomic mass is 9.99. The van der Waals surface area contributed by atoms with Gasteiger partial charge >= 0.3 is 0 Å². The van der Waals surface area contributed by atoms with Gasteiger partial charge in [-0.3, -0.25) is 9.59 Å². The molecule has 0 bridgehead atoms. The maximum Gasteiger partial charge on any atom is 0.251 e. The number of nitrogens with one attached hydrogen (secondary N) is 2. The summed E-state index contributed by atoms with van der Waals surface area (Å²) in [5.74, 6) is -1.57. The predicted molar refractivity (Wildman–Crippen MR) is 61.8 cm³/mol. The molecule has 0 saturated carbocycles. The summed E-state index contributed by atoms with van der Waals surface area (Å²) in [5, 5.41) is 4.97. The van der Waals surface area contributed by atoms with Crippen LogP contribution < -0.4 is 10.6 Å². The van der Waals surface area contributed by atoms with Gasteiger partial charge in [0.2, 0.25) is 5.91 Å². The van der Waals surface area contributed by atoms with Crippen molar-refractivity contribution in [2.24, 2.45) is 0 Å². The normalized spacial score (nSPS) is 13.9. The van der Waals surface area contributed by atoms with E-state index >= 15 is 0 Å². The number of hydrogen-bond donors (Lipinski definition) is 2. The van der Waals surface area contributed by atoms with Crippen LogP contribution in [-0.4, -0.2) is 24.2 Å². The van der Waals surface area contributed by atoms with Gasteiger partial charge < -0.3 is 10.6 Å². The molecule has 1 aliphatic heterocycles. The highest BCUT2D eigenvalue weighted by Crippen LogP contribution is 2.24. The van der Waals surface area contributed by atoms with Crippen LogP contribution in [0.25, 0.3) is 0 Å². The Hall–Kier alpha value is -1.62. The molecule has 2 rings (SSSR count). The van der Waals surface area contributed by atoms with Crippen molar-refractivity contribution in [3.05, 3.63) is 29.1 Å². The number of halogens is 2. The maximum atomic E-state index is 14.0. The van der Waals surface area contributed by atoms with E-state index < -0.39 is 11.7 Å². The lowest BCUT2D eigenvalue weighted by Crippen LogP contribution is -2.32. The molecule has 1 heterocycles. The summed E-state index contributed by atoms with van der Waals surface area (Å²) in [5.41, 5.74) is 0.711. The minimum Gasteiger partial charge on any atom is -0.352 e. The van der Waals surface area contributed by atoms with Crippen LogP contribution in [0.2, 0.25) is 0 Å². The Kier molecular flexibility index (Phi) is 3.28. The average Bonchev–Trinajstić information content (AvgIpc) is 2.33. The lowest BCUT2D eigenvalue weighted by Gasteiger charge is -2.18. The standard InChI is InChI=1S/C11H10ClFN2O2/c12-5-9(16)15-8-2-1-7-6(10(8)13)3-4-14-11(7)17/h1-2H,3-5H2,(H,14,17)(H,15,16). The van der Waals surface area contributed by atoms with Crippen LogP contribution in [0, 0.1) is 5.82 Å². The lowest BCUT2D eigenvalue weighted by molar-refractivity contribution is -0.113. The Morgan fingerprint density at radius 1 is 1.53 bits per heavy atom. The van der Waals surface area contributed by atoms with E-state index in [1.165, 1.54) is 12.1 Å². The van der Waals surface area contributed by atoms with Crippen LogP contribution in [0.1, 0.15) is 15.9 Å². The zero-order valence-electron chi connectivity index (χ0n) is 8.85. The fourth-order valence-corrected chi connectivity index (χ4v) is 1.82. The largest absolute Gasteiger partial charge is 0.352 e. The molecule has 2 amide bonds. The Balaban J connectivity index is 2.38. The van der Waals surface area contributed by atoms with Crippen LogP contribution in [0.4, 0.5) is 10.1 Å². The Morgan fingerprint density at radius 3 is 3.00 bits per heavy atom. The number of amides is 2. The summed E-state index contributed by atoms with van der Waals surface area (Å²) in [6.07, 6.45) is 0.414. The van der Waals surface area contributed by atoms with Crippen LogP contribution in [0.3, 0.4) is 0 Å². The van der Waals surface area contributed by atoms with Gasteiger partial charge in [0.05, 0.1) is 5.69 Å². The van der Waals surface area contributed by atoms with Crippen LogP contribution in [0.5, 0.6) is 0 Å². The van der Waals surface area contributed by atoms with Crippen molar-refractivity contribution in [2.75, 3.05) is 17.7 Å². The fourth-order valence-electron chi connectivity index (χ4n) is 1.75. The van der Waals surface area contributed by atoms with Crippen LogP contribution >= 0.6 is 11.6 Å². The van der Waals surface area contributed by atoms with E-state index in [2.05, 4.69) is 10.6 Å². The minimum absolute atomic E-state index is 0.0594. The summed E-state index contributed by atoms with van der Waals surface area (Å²) in [4.78, 5) is 22.5. The van der Waals surface area contributed by atoms with E-state index in [1.54, 1.807) is 0 Å². The van der Waals surface area contributed by atoms with E-state index in [0.717, 1.165) is 0 Å². The highest BCUT2D eigenvalue weighted by molar-refractivity contribution is 6.29. The molecule has 0 spiro atoms. The van der Waals surface area contributed by atoms with E-state index in [1.807, 2.05) is 0 Å². The van der Waals surface area contributed by atoms with Gasteiger partial charge in [-0.25, -0.2) is 4.39 Å². The molecular formula is C11H10ClFN2O2. The van der Waals surface area contributed by atoms with Gasteiger partial charge in [-0.05, 0) is 18.6 Å². The number of fused-ring (bicyclic) bond motifs is 1. The second kappa shape index (κ2) is 4.71. The third kappa shape index (κ3) is 2.24. The number of hydrogen-bond acceptors (Lipinski definition) is 2. The molecule has 0 unspecified atom stereocenters. The second-order valence-corrected chi connectivity index (χ2v) is 3.91. The summed E-state index contributed by atoms with van der Waals surface area (Å²) < 4.78 is 14.0. The van der Waals surface area contributed by atoms with Gasteiger partial charge in [-0.15, -0.1) is 11.6 Å². The number of carbonyl (C=O) groups is 2. The van der Waals surface area contributed by atoms with Crippen molar-refractivity contribution in [2.45, 2.75) is 6.42 Å². The molecule has 0 saturated heterocycles. The van der Waals surface area contributed by atoms with Crippen molar-refractivity contribution in [1.29, 1.82) is 0 Å². The van der Waals surface area contributed by atoms with E-state index in [0.29, 0.717) is 24.1 Å². The predicted octanol–water partition coefficient (Wildman–Crippen LogP) is 1.29. The number of anilines is 1. The van der Waals surface area contributed by atoms with Gasteiger partial charge in [-0.1, -0.05) is 0 Å². The first-order valence-electron chi connectivity index (χ1n) is 5.09. The van der Waals surface area contributed by atoms with Crippen LogP contribution in [-0.2, 0) is 11.2 Å². The van der Waals surface area contributed by atoms with Gasteiger partial charge in [0, 0.05) is 17.7 Å². The summed E-state index contributed by atoms with van der Waals surface area (Å²) in [6.45, 7) is 0.398. The molecule has 6 heteroatoms. The summed E-state index contributed by atoms with van der Waals surface area (Å²) in [7, 11) is 0. The monoisotopic (exact) mass is 256 g/mol. The first kappa shape index (κ1) is 11.9. The SMILES string of the molecule is O=C(CCl)Nc1ccc2c(c1F)CCNC2=O. The van der Waals surface area contributed by atoms with Gasteiger partial charge in [0.25, 0.3) is 5.91 Å². The van der Waals surface area contributed by atoms with Gasteiger partial charge in [-0.2, -0.15) is 0 Å². The maximum absolute atomic E-state index is 14.0. The quantitative estimate of drug-likeness (QED) is 0.784. The molecule has 2 N–H and O–H groups in total. The molecule has 0 aliphatic carbocycles. The zero-order chi connectivity index (χ0) is 12.4. The molecule has 1 aromatic rings. The first-order chi connectivity index (χ1) is 8.13. The molecule has 17 heavy (non-hydrogen) atoms. The Bertz CT molecular complexity index is 491. The highest BCUT2D eigenvalue weighted by atomic mass is 35.5. The van der Waals surface area contributed by atoms with Gasteiger partial charge in [0.1, 0.15) is 5.88 Å². The Morgan fingerprint density at radius 2 is 2.29 bits per heavy atom. The fraction of sp³-hybridized carbons (Fsp3) is 0.273. The van der Waals surface area contributed by atoms with Crippen molar-refractivity contribution >= 4 is 29.1 Å². The van der Waals surface area contributed by atoms with Crippen molar-refractivity contribution in [3.63, 3.8) is 0 Å². The topological polar surface area (TPSA) is 58.2 Å². The molecule has 1 aromatic carbocycles. The van der Waals surface area contributed by atoms with Crippen LogP contribution in [0.15, 0.2) is 12.1 Å². The summed E-state index contributed by atoms with van der Waals surface area (Å²) in [6, 6.07) is 2.86. The molecular weight excluding hydrogens is 247 g/mol. The molecule has 0 radical (unpaired) electrons. The van der Waals surface area contributed by atoms with Crippen molar-refractivity contribution in [3.8, 4) is 0 Å². The third-order valence-electron chi connectivity index (χ3n) is 2.54. The molecule has 0 fully saturated rings. The number of rotatable bonds is 2. The number of alkyl halides is 1. The van der Waals surface area contributed by atoms with E-state index in [4.69, 9.17) is 11.6 Å². The zero-order valence-corrected chi connectivity index (χ0v) is 9.60. The molecule has 1 aliphatic rings. The molecule has 0 atom stereocenters. The number of benzene rings is 1. The second-order valence-electron chi connectivity index (χ2n) is 3.64. The average molecular weight is 257 g/mol. The minimum atomic E-state index is -0.559. The van der Waals surface area contributed by atoms with E-state index in [9.17, 15) is 14.0 Å². The van der Waals surface area contributed by atoms with E-state index in [-0.39, 0.29) is 17.5 Å². The molecule has 0 aromatic heterocycles. The van der Waals surface area contributed by atoms with Crippen molar-refractivity contribution in [1.82, 2.24) is 5.32 Å². The third-order valence-corrected chi connectivity index (χ3v) is 2.79. The smallest absolute Gasteiger partial charge is 0.251 e. The number of carbonyl (C=O) groups excluding carboxylic acids is 2. The van der Waals surface area contributed by atoms with Gasteiger partial charge in [0.15, 0.2) is 5.82 Å². The first-order valence-corrected chi connectivity index (χ1v) is 5.62. The van der Waals surface area contributed by atoms with Crippen molar-refractivity contribution < 1.29 is 14.0 Å². The molecule has 4 nitrogen and oxygen atoms in total. The Labute approximate surface area is 102 Å². The molecule has 90 valence electrons. The summed E-state index contributed by atoms with van der Waals surface area (Å²) >= 11 is 5.32. The highest BCUT2D eigenvalue weighted by Gasteiger charge is 2.22.